The molecule has 3 N–H and O–H groups in total. The third kappa shape index (κ3) is 5.71. The van der Waals surface area contributed by atoms with Crippen molar-refractivity contribution in [2.24, 2.45) is 0 Å². The molecule has 0 radical (unpaired) electrons. The Morgan fingerprint density at radius 1 is 1.18 bits per heavy atom. The number of carbonyl (C=O) groups is 1. The summed E-state index contributed by atoms with van der Waals surface area (Å²) in [4.78, 5) is 16.9. The maximum atomic E-state index is 12.8. The van der Waals surface area contributed by atoms with Crippen LogP contribution in [0.15, 0.2) is 30.3 Å². The second-order valence-electron chi connectivity index (χ2n) is 8.86. The quantitative estimate of drug-likeness (QED) is 0.585. The van der Waals surface area contributed by atoms with Crippen LogP contribution in [0.4, 0.5) is 5.69 Å². The summed E-state index contributed by atoms with van der Waals surface area (Å²) in [7, 11) is 1.86. The first-order chi connectivity index (χ1) is 15.7. The summed E-state index contributed by atoms with van der Waals surface area (Å²) in [5, 5.41) is 10.0. The lowest BCUT2D eigenvalue weighted by Gasteiger charge is -2.40. The van der Waals surface area contributed by atoms with Gasteiger partial charge in [0, 0.05) is 31.9 Å². The van der Waals surface area contributed by atoms with E-state index in [1.54, 1.807) is 18.2 Å². The maximum Gasteiger partial charge on any atom is 0.260 e. The molecule has 0 saturated carbocycles. The van der Waals surface area contributed by atoms with E-state index < -0.39 is 0 Å². The van der Waals surface area contributed by atoms with Crippen LogP contribution in [0.1, 0.15) is 42.9 Å². The third-order valence-corrected chi connectivity index (χ3v) is 6.78. The van der Waals surface area contributed by atoms with Crippen molar-refractivity contribution in [1.82, 2.24) is 9.80 Å². The first kappa shape index (κ1) is 24.7. The molecule has 1 aliphatic heterocycles. The van der Waals surface area contributed by atoms with Crippen LogP contribution < -0.4 is 15.2 Å². The number of para-hydroxylation sites is 2. The highest BCUT2D eigenvalue weighted by Gasteiger charge is 2.29. The van der Waals surface area contributed by atoms with Crippen LogP contribution in [0.3, 0.4) is 0 Å². The Balaban J connectivity index is 1.53. The van der Waals surface area contributed by atoms with Gasteiger partial charge in [0.1, 0.15) is 5.75 Å². The van der Waals surface area contributed by atoms with Crippen molar-refractivity contribution in [3.8, 4) is 17.2 Å². The molecule has 7 nitrogen and oxygen atoms in total. The number of hydrogen-bond donors (Lipinski definition) is 2. The van der Waals surface area contributed by atoms with Crippen molar-refractivity contribution in [2.45, 2.75) is 59.2 Å². The summed E-state index contributed by atoms with van der Waals surface area (Å²) >= 11 is 0. The lowest BCUT2D eigenvalue weighted by atomic mass is 10.0. The second kappa shape index (κ2) is 10.8. The molecule has 1 amide bonds. The van der Waals surface area contributed by atoms with Crippen molar-refractivity contribution >= 4 is 11.6 Å². The zero-order valence-corrected chi connectivity index (χ0v) is 20.4. The Morgan fingerprint density at radius 3 is 2.48 bits per heavy atom. The summed E-state index contributed by atoms with van der Waals surface area (Å²) in [5.41, 5.74) is 9.78. The fraction of sp³-hybridized carbons (Fsp3) is 0.500. The van der Waals surface area contributed by atoms with Crippen LogP contribution in [-0.2, 0) is 4.79 Å². The molecule has 0 aliphatic carbocycles. The predicted molar refractivity (Wildman–Crippen MR) is 131 cm³/mol. The second-order valence-corrected chi connectivity index (χ2v) is 8.86. The average molecular weight is 456 g/mol. The Kier molecular flexibility index (Phi) is 8.08. The average Bonchev–Trinajstić information content (AvgIpc) is 2.83. The van der Waals surface area contributed by atoms with Gasteiger partial charge in [0.2, 0.25) is 0 Å². The highest BCUT2D eigenvalue weighted by atomic mass is 16.5. The Bertz CT molecular complexity index is 970. The van der Waals surface area contributed by atoms with Crippen LogP contribution >= 0.6 is 0 Å². The molecule has 0 bridgehead atoms. The van der Waals surface area contributed by atoms with Gasteiger partial charge in [-0.25, -0.2) is 0 Å². The van der Waals surface area contributed by atoms with Crippen LogP contribution in [0, 0.1) is 20.8 Å². The van der Waals surface area contributed by atoms with Crippen LogP contribution in [-0.4, -0.2) is 59.8 Å². The summed E-state index contributed by atoms with van der Waals surface area (Å²) in [6.07, 6.45) is 2.43. The van der Waals surface area contributed by atoms with Gasteiger partial charge in [0.15, 0.2) is 24.3 Å². The molecule has 0 spiro atoms. The van der Waals surface area contributed by atoms with E-state index in [1.165, 1.54) is 0 Å². The van der Waals surface area contributed by atoms with Crippen molar-refractivity contribution in [1.29, 1.82) is 0 Å². The summed E-state index contributed by atoms with van der Waals surface area (Å²) in [5.74, 6) is 1.33. The molecule has 1 saturated heterocycles. The smallest absolute Gasteiger partial charge is 0.260 e. The fourth-order valence-corrected chi connectivity index (χ4v) is 4.34. The Labute approximate surface area is 197 Å². The normalized spacial score (nSPS) is 15.8. The number of carbonyl (C=O) groups excluding carboxylic acids is 1. The Hall–Kier alpha value is -2.93. The first-order valence-corrected chi connectivity index (χ1v) is 11.7. The largest absolute Gasteiger partial charge is 0.504 e. The van der Waals surface area contributed by atoms with Gasteiger partial charge in [0.05, 0.1) is 0 Å². The Morgan fingerprint density at radius 2 is 1.85 bits per heavy atom. The van der Waals surface area contributed by atoms with Gasteiger partial charge in [-0.3, -0.25) is 9.69 Å². The number of hydrogen-bond acceptors (Lipinski definition) is 6. The minimum atomic E-state index is -0.108. The van der Waals surface area contributed by atoms with Gasteiger partial charge in [-0.15, -0.1) is 0 Å². The van der Waals surface area contributed by atoms with E-state index in [0.29, 0.717) is 11.5 Å². The van der Waals surface area contributed by atoms with E-state index in [2.05, 4.69) is 11.8 Å². The number of nitrogens with two attached hydrogens (primary N) is 1. The number of aryl methyl sites for hydroxylation is 1. The molecule has 2 aromatic carbocycles. The third-order valence-electron chi connectivity index (χ3n) is 6.78. The molecule has 3 rings (SSSR count). The SMILES string of the molecule is CCC(Oc1ccccc1O)N1CCC(N(C)C(=O)COc2cc(C)c(N)c(C)c2C)CC1. The van der Waals surface area contributed by atoms with Gasteiger partial charge < -0.3 is 25.2 Å². The lowest BCUT2D eigenvalue weighted by Crippen LogP contribution is -2.50. The number of amides is 1. The number of aromatic hydroxyl groups is 1. The molecule has 1 unspecified atom stereocenters. The number of piperidine rings is 1. The summed E-state index contributed by atoms with van der Waals surface area (Å²) in [6.45, 7) is 9.61. The first-order valence-electron chi connectivity index (χ1n) is 11.7. The fourth-order valence-electron chi connectivity index (χ4n) is 4.34. The van der Waals surface area contributed by atoms with Crippen molar-refractivity contribution in [2.75, 3.05) is 32.5 Å². The number of phenolic OH excluding ortho intramolecular Hbond substituents is 1. The highest BCUT2D eigenvalue weighted by Crippen LogP contribution is 2.30. The monoisotopic (exact) mass is 455 g/mol. The topological polar surface area (TPSA) is 88.3 Å². The van der Waals surface area contributed by atoms with E-state index in [9.17, 15) is 9.90 Å². The summed E-state index contributed by atoms with van der Waals surface area (Å²) < 4.78 is 12.0. The van der Waals surface area contributed by atoms with Gasteiger partial charge in [-0.1, -0.05) is 19.1 Å². The van der Waals surface area contributed by atoms with Crippen LogP contribution in [0.2, 0.25) is 0 Å². The van der Waals surface area contributed by atoms with Crippen molar-refractivity contribution in [3.63, 3.8) is 0 Å². The number of ether oxygens (including phenoxy) is 2. The molecule has 33 heavy (non-hydrogen) atoms. The van der Waals surface area contributed by atoms with Crippen molar-refractivity contribution in [3.05, 3.63) is 47.0 Å². The van der Waals surface area contributed by atoms with Crippen LogP contribution in [0.25, 0.3) is 0 Å². The van der Waals surface area contributed by atoms with Gasteiger partial charge >= 0.3 is 0 Å². The minimum absolute atomic E-state index is 0.00827. The molecule has 7 heteroatoms. The highest BCUT2D eigenvalue weighted by molar-refractivity contribution is 5.78. The molecule has 1 aliphatic rings. The lowest BCUT2D eigenvalue weighted by molar-refractivity contribution is -0.135. The number of likely N-dealkylation sites (tertiary alicyclic amines) is 1. The molecule has 1 fully saturated rings. The number of benzene rings is 2. The molecular formula is C26H37N3O4. The molecule has 1 atom stereocenters. The molecule has 0 aromatic heterocycles. The molecule has 1 heterocycles. The summed E-state index contributed by atoms with van der Waals surface area (Å²) in [6, 6.07) is 9.11. The predicted octanol–water partition coefficient (Wildman–Crippen LogP) is 4.02. The van der Waals surface area contributed by atoms with Gasteiger partial charge in [0.25, 0.3) is 5.91 Å². The number of nitrogens with zero attached hydrogens (tertiary/aromatic N) is 2. The van der Waals surface area contributed by atoms with Gasteiger partial charge in [-0.05, 0) is 74.9 Å². The number of rotatable bonds is 8. The van der Waals surface area contributed by atoms with Crippen LogP contribution in [0.5, 0.6) is 17.2 Å². The van der Waals surface area contributed by atoms with E-state index in [1.807, 2.05) is 44.9 Å². The van der Waals surface area contributed by atoms with Gasteiger partial charge in [-0.2, -0.15) is 0 Å². The minimum Gasteiger partial charge on any atom is -0.504 e. The zero-order valence-electron chi connectivity index (χ0n) is 20.4. The number of nitrogen functional groups attached to an aromatic ring is 1. The van der Waals surface area contributed by atoms with E-state index in [4.69, 9.17) is 15.2 Å². The molecular weight excluding hydrogens is 418 g/mol. The number of likely N-dealkylation sites (N-methyl/N-ethyl adjacent to an activating group) is 1. The van der Waals surface area contributed by atoms with Crippen molar-refractivity contribution < 1.29 is 19.4 Å². The number of anilines is 1. The number of phenols is 1. The van der Waals surface area contributed by atoms with E-state index >= 15 is 0 Å². The molecule has 2 aromatic rings. The standard InChI is InChI=1S/C26H37N3O4/c1-6-25(33-22-10-8-7-9-21(22)30)29-13-11-20(12-14-29)28(5)24(31)16-32-23-15-17(2)26(27)19(4)18(23)3/h7-10,15,20,25,30H,6,11-14,16,27H2,1-5H3. The molecule has 180 valence electrons. The van der Waals surface area contributed by atoms with E-state index in [-0.39, 0.29) is 30.5 Å². The zero-order chi connectivity index (χ0) is 24.1. The maximum absolute atomic E-state index is 12.8. The van der Waals surface area contributed by atoms with E-state index in [0.717, 1.165) is 54.7 Å².